The molecule has 1 aliphatic rings. The predicted octanol–water partition coefficient (Wildman–Crippen LogP) is 5.46. The molecule has 6 nitrogen and oxygen atoms in total. The van der Waals surface area contributed by atoms with Crippen LogP contribution in [0.1, 0.15) is 29.7 Å². The van der Waals surface area contributed by atoms with Crippen LogP contribution < -0.4 is 15.2 Å². The van der Waals surface area contributed by atoms with Crippen LogP contribution in [0.25, 0.3) is 0 Å². The molecule has 1 fully saturated rings. The highest BCUT2D eigenvalue weighted by Gasteiger charge is 2.35. The average molecular weight is 528 g/mol. The van der Waals surface area contributed by atoms with Crippen molar-refractivity contribution in [3.63, 3.8) is 0 Å². The van der Waals surface area contributed by atoms with E-state index in [0.29, 0.717) is 54.3 Å². The van der Waals surface area contributed by atoms with E-state index in [2.05, 4.69) is 4.98 Å². The summed E-state index contributed by atoms with van der Waals surface area (Å²) >= 11 is 12.4. The quantitative estimate of drug-likeness (QED) is 0.316. The first-order valence-corrected chi connectivity index (χ1v) is 12.9. The number of nitrogens with zero attached hydrogens (tertiary/aromatic N) is 2. The van der Waals surface area contributed by atoms with Gasteiger partial charge in [-0.3, -0.25) is 9.78 Å². The summed E-state index contributed by atoms with van der Waals surface area (Å²) in [6.45, 7) is 3.39. The number of amides is 1. The van der Waals surface area contributed by atoms with Gasteiger partial charge in [-0.1, -0.05) is 41.4 Å². The molecule has 3 aromatic rings. The van der Waals surface area contributed by atoms with Crippen molar-refractivity contribution in [2.45, 2.75) is 38.8 Å². The molecule has 1 aromatic heterocycles. The lowest BCUT2D eigenvalue weighted by Crippen LogP contribution is -2.41. The van der Waals surface area contributed by atoms with Gasteiger partial charge in [0.05, 0.1) is 28.2 Å². The number of hydrogen-bond donors (Lipinski definition) is 1. The van der Waals surface area contributed by atoms with E-state index in [-0.39, 0.29) is 17.9 Å². The van der Waals surface area contributed by atoms with Crippen LogP contribution in [-0.2, 0) is 17.8 Å². The smallest absolute Gasteiger partial charge is 0.227 e. The van der Waals surface area contributed by atoms with E-state index in [9.17, 15) is 4.79 Å². The van der Waals surface area contributed by atoms with Gasteiger partial charge >= 0.3 is 0 Å². The lowest BCUT2D eigenvalue weighted by molar-refractivity contribution is -0.136. The van der Waals surface area contributed by atoms with Crippen LogP contribution >= 0.6 is 23.2 Å². The van der Waals surface area contributed by atoms with Crippen LogP contribution in [0.5, 0.6) is 11.5 Å². The standard InChI is InChI=1S/C28H31Cl2N3O3/c1-19-14-25(29)27(26(30)15-19)36-13-12-35-24-9-5-20(6-10-24)16-21(17-31)28(34)33(23-7-8-23)18-22-4-2-3-11-32-22/h2-6,9-11,14-15,21,23H,7-8,12-13,16-18,31H2,1H3. The number of aryl methyl sites for hydroxylation is 1. The number of ether oxygens (including phenoxy) is 2. The second-order valence-corrected chi connectivity index (χ2v) is 9.87. The Morgan fingerprint density at radius 3 is 2.39 bits per heavy atom. The van der Waals surface area contributed by atoms with Crippen molar-refractivity contribution in [3.05, 3.63) is 87.7 Å². The zero-order chi connectivity index (χ0) is 25.5. The van der Waals surface area contributed by atoms with Crippen LogP contribution in [0.3, 0.4) is 0 Å². The zero-order valence-electron chi connectivity index (χ0n) is 20.3. The third-order valence-corrected chi connectivity index (χ3v) is 6.67. The molecule has 1 aliphatic carbocycles. The van der Waals surface area contributed by atoms with E-state index < -0.39 is 0 Å². The normalized spacial score (nSPS) is 13.8. The largest absolute Gasteiger partial charge is 0.490 e. The highest BCUT2D eigenvalue weighted by molar-refractivity contribution is 6.37. The number of carbonyl (C=O) groups excluding carboxylic acids is 1. The molecule has 0 radical (unpaired) electrons. The maximum atomic E-state index is 13.4. The van der Waals surface area contributed by atoms with Gasteiger partial charge in [-0.05, 0) is 73.7 Å². The molecule has 0 bridgehead atoms. The summed E-state index contributed by atoms with van der Waals surface area (Å²) < 4.78 is 11.5. The fraction of sp³-hybridized carbons (Fsp3) is 0.357. The van der Waals surface area contributed by atoms with Crippen LogP contribution in [0.2, 0.25) is 10.0 Å². The van der Waals surface area contributed by atoms with Crippen molar-refractivity contribution in [2.75, 3.05) is 19.8 Å². The van der Waals surface area contributed by atoms with Crippen LogP contribution in [-0.4, -0.2) is 41.6 Å². The molecule has 0 aliphatic heterocycles. The molecular weight excluding hydrogens is 497 g/mol. The van der Waals surface area contributed by atoms with E-state index in [1.807, 2.05) is 66.4 Å². The fourth-order valence-electron chi connectivity index (χ4n) is 4.08. The van der Waals surface area contributed by atoms with Crippen molar-refractivity contribution in [3.8, 4) is 11.5 Å². The topological polar surface area (TPSA) is 77.7 Å². The molecule has 1 unspecified atom stereocenters. The number of carbonyl (C=O) groups is 1. The number of pyridine rings is 1. The molecule has 36 heavy (non-hydrogen) atoms. The second kappa shape index (κ2) is 12.4. The Balaban J connectivity index is 1.29. The maximum Gasteiger partial charge on any atom is 0.227 e. The summed E-state index contributed by atoms with van der Waals surface area (Å²) in [6.07, 6.45) is 4.41. The molecule has 8 heteroatoms. The Bertz CT molecular complexity index is 1130. The molecule has 0 spiro atoms. The summed E-state index contributed by atoms with van der Waals surface area (Å²) in [5, 5.41) is 0.960. The van der Waals surface area contributed by atoms with Gasteiger partial charge in [-0.25, -0.2) is 0 Å². The van der Waals surface area contributed by atoms with Crippen molar-refractivity contribution in [1.29, 1.82) is 0 Å². The van der Waals surface area contributed by atoms with Gasteiger partial charge in [0.1, 0.15) is 19.0 Å². The molecule has 1 saturated carbocycles. The van der Waals surface area contributed by atoms with E-state index in [4.69, 9.17) is 38.4 Å². The molecule has 1 heterocycles. The van der Waals surface area contributed by atoms with Gasteiger partial charge in [0.25, 0.3) is 0 Å². The van der Waals surface area contributed by atoms with Gasteiger partial charge in [0, 0.05) is 18.8 Å². The van der Waals surface area contributed by atoms with Crippen LogP contribution in [0.4, 0.5) is 0 Å². The Kier molecular flexibility index (Phi) is 9.08. The highest BCUT2D eigenvalue weighted by atomic mass is 35.5. The van der Waals surface area contributed by atoms with Crippen molar-refractivity contribution >= 4 is 29.1 Å². The van der Waals surface area contributed by atoms with E-state index >= 15 is 0 Å². The van der Waals surface area contributed by atoms with Crippen LogP contribution in [0, 0.1) is 12.8 Å². The zero-order valence-corrected chi connectivity index (χ0v) is 21.8. The molecule has 4 rings (SSSR count). The minimum atomic E-state index is -0.279. The van der Waals surface area contributed by atoms with E-state index in [1.165, 1.54) is 0 Å². The van der Waals surface area contributed by atoms with Gasteiger partial charge in [-0.15, -0.1) is 0 Å². The minimum absolute atomic E-state index is 0.0940. The second-order valence-electron chi connectivity index (χ2n) is 9.05. The van der Waals surface area contributed by atoms with E-state index in [0.717, 1.165) is 29.7 Å². The number of benzene rings is 2. The van der Waals surface area contributed by atoms with E-state index in [1.54, 1.807) is 6.20 Å². The lowest BCUT2D eigenvalue weighted by atomic mass is 9.97. The summed E-state index contributed by atoms with van der Waals surface area (Å²) in [4.78, 5) is 19.7. The number of halogens is 2. The van der Waals surface area contributed by atoms with Crippen molar-refractivity contribution in [2.24, 2.45) is 11.7 Å². The Labute approximate surface area is 222 Å². The lowest BCUT2D eigenvalue weighted by Gasteiger charge is -2.27. The van der Waals surface area contributed by atoms with Gasteiger partial charge in [0.2, 0.25) is 5.91 Å². The summed E-state index contributed by atoms with van der Waals surface area (Å²) in [5.41, 5.74) is 8.94. The molecule has 1 atom stereocenters. The van der Waals surface area contributed by atoms with Gasteiger partial charge in [-0.2, -0.15) is 0 Å². The fourth-order valence-corrected chi connectivity index (χ4v) is 4.78. The van der Waals surface area contributed by atoms with Gasteiger partial charge in [0.15, 0.2) is 5.75 Å². The number of hydrogen-bond acceptors (Lipinski definition) is 5. The minimum Gasteiger partial charge on any atom is -0.490 e. The average Bonchev–Trinajstić information content (AvgIpc) is 3.71. The highest BCUT2D eigenvalue weighted by Crippen LogP contribution is 2.34. The third kappa shape index (κ3) is 7.12. The first-order chi connectivity index (χ1) is 17.4. The Hall–Kier alpha value is -2.80. The Morgan fingerprint density at radius 2 is 1.78 bits per heavy atom. The molecule has 190 valence electrons. The molecule has 0 saturated heterocycles. The molecule has 2 aromatic carbocycles. The maximum absolute atomic E-state index is 13.4. The predicted molar refractivity (Wildman–Crippen MR) is 143 cm³/mol. The molecule has 2 N–H and O–H groups in total. The third-order valence-electron chi connectivity index (χ3n) is 6.11. The summed E-state index contributed by atoms with van der Waals surface area (Å²) in [5.74, 6) is 0.993. The number of rotatable bonds is 12. The summed E-state index contributed by atoms with van der Waals surface area (Å²) in [6, 6.07) is 17.4. The molecule has 1 amide bonds. The van der Waals surface area contributed by atoms with Crippen molar-refractivity contribution < 1.29 is 14.3 Å². The number of aromatic nitrogens is 1. The number of nitrogens with two attached hydrogens (primary N) is 1. The SMILES string of the molecule is Cc1cc(Cl)c(OCCOc2ccc(CC(CN)C(=O)N(Cc3ccccn3)C3CC3)cc2)c(Cl)c1. The Morgan fingerprint density at radius 1 is 1.08 bits per heavy atom. The van der Waals surface area contributed by atoms with Crippen LogP contribution in [0.15, 0.2) is 60.8 Å². The summed E-state index contributed by atoms with van der Waals surface area (Å²) in [7, 11) is 0. The first-order valence-electron chi connectivity index (χ1n) is 12.1. The first kappa shape index (κ1) is 26.3. The van der Waals surface area contributed by atoms with Gasteiger partial charge < -0.3 is 20.1 Å². The van der Waals surface area contributed by atoms with Crippen molar-refractivity contribution in [1.82, 2.24) is 9.88 Å². The monoisotopic (exact) mass is 527 g/mol. The molecular formula is C28H31Cl2N3O3.